The summed E-state index contributed by atoms with van der Waals surface area (Å²) in [5.74, 6) is -2.82. The van der Waals surface area contributed by atoms with Crippen molar-refractivity contribution in [1.82, 2.24) is 0 Å². The van der Waals surface area contributed by atoms with Gasteiger partial charge in [-0.1, -0.05) is 24.3 Å². The fraction of sp³-hybridized carbons (Fsp3) is 0.0667. The van der Waals surface area contributed by atoms with Crippen molar-refractivity contribution in [3.05, 3.63) is 106 Å². The number of carboxylic acids is 2. The van der Waals surface area contributed by atoms with Gasteiger partial charge >= 0.3 is 11.9 Å². The van der Waals surface area contributed by atoms with Crippen molar-refractivity contribution < 1.29 is 38.9 Å². The van der Waals surface area contributed by atoms with E-state index in [4.69, 9.17) is 9.47 Å². The average molecular weight is 539 g/mol. The predicted octanol–water partition coefficient (Wildman–Crippen LogP) is 5.36. The molecule has 0 saturated carbocycles. The van der Waals surface area contributed by atoms with Crippen LogP contribution in [0.4, 0.5) is 22.7 Å². The fourth-order valence-electron chi connectivity index (χ4n) is 4.67. The van der Waals surface area contributed by atoms with Crippen molar-refractivity contribution in [3.63, 3.8) is 0 Å². The third-order valence-corrected chi connectivity index (χ3v) is 6.49. The molecule has 10 heteroatoms. The number of hydrogen-bond acceptors (Lipinski definition) is 8. The lowest BCUT2D eigenvalue weighted by Gasteiger charge is -2.23. The summed E-state index contributed by atoms with van der Waals surface area (Å²) < 4.78 is 10.2. The smallest absolute Gasteiger partial charge is 0.339 e. The minimum absolute atomic E-state index is 0.0724. The molecule has 40 heavy (non-hydrogen) atoms. The number of nitrogens with one attached hydrogen (secondary N) is 2. The standard InChI is InChI=1S/C30H22N2O8/c1-39-23-11-9-15(13-19(23)29(35)36)31-21-7-3-5-17-25(21)28(34)26-18(27(17)33)6-4-8-22(26)32-16-10-12-24(40-2)20(14-16)30(37)38/h3-14,31-32H,1-2H3,(H,35,36)(H,37,38). The molecule has 0 aromatic heterocycles. The topological polar surface area (TPSA) is 151 Å². The van der Waals surface area contributed by atoms with Crippen LogP contribution in [0.15, 0.2) is 72.8 Å². The Morgan fingerprint density at radius 1 is 0.625 bits per heavy atom. The lowest BCUT2D eigenvalue weighted by Crippen LogP contribution is -2.23. The highest BCUT2D eigenvalue weighted by molar-refractivity contribution is 6.32. The first-order chi connectivity index (χ1) is 19.2. The average Bonchev–Trinajstić information content (AvgIpc) is 2.95. The molecule has 0 bridgehead atoms. The van der Waals surface area contributed by atoms with Gasteiger partial charge < -0.3 is 30.3 Å². The molecule has 0 radical (unpaired) electrons. The molecule has 200 valence electrons. The first-order valence-electron chi connectivity index (χ1n) is 12.0. The van der Waals surface area contributed by atoms with Crippen LogP contribution >= 0.6 is 0 Å². The van der Waals surface area contributed by atoms with Crippen molar-refractivity contribution in [2.45, 2.75) is 0 Å². The SMILES string of the molecule is COc1ccc(Nc2cccc3c2C(=O)c2c(Nc4ccc(OC)c(C(=O)O)c4)cccc2C3=O)cc1C(=O)O. The molecule has 4 aromatic rings. The first-order valence-corrected chi connectivity index (χ1v) is 12.0. The fourth-order valence-corrected chi connectivity index (χ4v) is 4.67. The van der Waals surface area contributed by atoms with E-state index in [0.29, 0.717) is 22.7 Å². The first kappa shape index (κ1) is 26.0. The van der Waals surface area contributed by atoms with E-state index >= 15 is 0 Å². The Bertz CT molecular complexity index is 1600. The number of aromatic carboxylic acids is 2. The number of hydrogen-bond donors (Lipinski definition) is 4. The Morgan fingerprint density at radius 3 is 1.43 bits per heavy atom. The van der Waals surface area contributed by atoms with Gasteiger partial charge in [0, 0.05) is 22.5 Å². The molecule has 0 spiro atoms. The van der Waals surface area contributed by atoms with Crippen molar-refractivity contribution in [1.29, 1.82) is 0 Å². The second kappa shape index (κ2) is 10.3. The van der Waals surface area contributed by atoms with Crippen molar-refractivity contribution in [3.8, 4) is 11.5 Å². The molecule has 10 nitrogen and oxygen atoms in total. The summed E-state index contributed by atoms with van der Waals surface area (Å²) >= 11 is 0. The second-order valence-electron chi connectivity index (χ2n) is 8.80. The van der Waals surface area contributed by atoms with E-state index in [1.807, 2.05) is 0 Å². The van der Waals surface area contributed by atoms with Gasteiger partial charge in [0.25, 0.3) is 0 Å². The molecular weight excluding hydrogens is 516 g/mol. The number of ether oxygens (including phenoxy) is 2. The van der Waals surface area contributed by atoms with E-state index in [9.17, 15) is 29.4 Å². The van der Waals surface area contributed by atoms with Crippen LogP contribution in [-0.2, 0) is 0 Å². The largest absolute Gasteiger partial charge is 0.496 e. The number of fused-ring (bicyclic) bond motifs is 2. The minimum atomic E-state index is -1.18. The number of carbonyl (C=O) groups excluding carboxylic acids is 2. The van der Waals surface area contributed by atoms with E-state index in [1.54, 1.807) is 48.5 Å². The van der Waals surface area contributed by atoms with Crippen LogP contribution < -0.4 is 20.1 Å². The summed E-state index contributed by atoms with van der Waals surface area (Å²) in [7, 11) is 2.73. The van der Waals surface area contributed by atoms with Gasteiger partial charge in [0.05, 0.1) is 36.7 Å². The van der Waals surface area contributed by atoms with Crippen LogP contribution in [0.3, 0.4) is 0 Å². The summed E-state index contributed by atoms with van der Waals surface area (Å²) in [6.45, 7) is 0. The quantitative estimate of drug-likeness (QED) is 0.203. The van der Waals surface area contributed by atoms with Crippen LogP contribution in [0.5, 0.6) is 11.5 Å². The molecule has 0 saturated heterocycles. The third kappa shape index (κ3) is 4.47. The van der Waals surface area contributed by atoms with Gasteiger partial charge in [-0.2, -0.15) is 0 Å². The van der Waals surface area contributed by atoms with Crippen LogP contribution in [-0.4, -0.2) is 47.9 Å². The molecule has 5 rings (SSSR count). The zero-order valence-corrected chi connectivity index (χ0v) is 21.3. The van der Waals surface area contributed by atoms with Crippen LogP contribution in [0.1, 0.15) is 52.6 Å². The van der Waals surface area contributed by atoms with Gasteiger partial charge in [-0.3, -0.25) is 9.59 Å². The van der Waals surface area contributed by atoms with Crippen LogP contribution in [0.2, 0.25) is 0 Å². The highest BCUT2D eigenvalue weighted by atomic mass is 16.5. The maximum atomic E-state index is 14.0. The van der Waals surface area contributed by atoms with Gasteiger partial charge in [0.2, 0.25) is 0 Å². The van der Waals surface area contributed by atoms with Crippen LogP contribution in [0, 0.1) is 0 Å². The predicted molar refractivity (Wildman–Crippen MR) is 146 cm³/mol. The molecule has 0 aliphatic heterocycles. The maximum Gasteiger partial charge on any atom is 0.339 e. The number of carbonyl (C=O) groups is 4. The second-order valence-corrected chi connectivity index (χ2v) is 8.80. The Balaban J connectivity index is 1.56. The van der Waals surface area contributed by atoms with Gasteiger partial charge in [-0.15, -0.1) is 0 Å². The van der Waals surface area contributed by atoms with E-state index < -0.39 is 17.7 Å². The van der Waals surface area contributed by atoms with Crippen molar-refractivity contribution in [2.75, 3.05) is 24.9 Å². The van der Waals surface area contributed by atoms with Gasteiger partial charge in [0.1, 0.15) is 22.6 Å². The molecular formula is C30H22N2O8. The normalized spacial score (nSPS) is 11.8. The van der Waals surface area contributed by atoms with E-state index in [1.165, 1.54) is 38.5 Å². The van der Waals surface area contributed by atoms with E-state index in [0.717, 1.165) is 0 Å². The number of anilines is 4. The van der Waals surface area contributed by atoms with E-state index in [-0.39, 0.29) is 50.7 Å². The minimum Gasteiger partial charge on any atom is -0.496 e. The summed E-state index contributed by atoms with van der Waals surface area (Å²) in [5, 5.41) is 25.2. The molecule has 0 fully saturated rings. The Labute approximate surface area is 227 Å². The number of methoxy groups -OCH3 is 2. The highest BCUT2D eigenvalue weighted by Crippen LogP contribution is 2.38. The molecule has 4 aromatic carbocycles. The third-order valence-electron chi connectivity index (χ3n) is 6.49. The Hall–Kier alpha value is -5.64. The lowest BCUT2D eigenvalue weighted by atomic mass is 9.82. The number of rotatable bonds is 8. The van der Waals surface area contributed by atoms with E-state index in [2.05, 4.69) is 10.6 Å². The molecule has 0 atom stereocenters. The van der Waals surface area contributed by atoms with Gasteiger partial charge in [-0.05, 0) is 48.5 Å². The number of benzene rings is 4. The summed E-state index contributed by atoms with van der Waals surface area (Å²) in [6, 6.07) is 18.6. The van der Waals surface area contributed by atoms with Crippen LogP contribution in [0.25, 0.3) is 0 Å². The molecule has 1 aliphatic carbocycles. The molecule has 0 heterocycles. The monoisotopic (exact) mass is 538 g/mol. The molecule has 1 aliphatic rings. The number of ketones is 2. The molecule has 0 unspecified atom stereocenters. The highest BCUT2D eigenvalue weighted by Gasteiger charge is 2.34. The zero-order chi connectivity index (χ0) is 28.6. The molecule has 4 N–H and O–H groups in total. The van der Waals surface area contributed by atoms with Gasteiger partial charge in [0.15, 0.2) is 11.6 Å². The summed E-state index contributed by atoms with van der Waals surface area (Å²) in [6.07, 6.45) is 0. The Morgan fingerprint density at radius 2 is 1.05 bits per heavy atom. The molecule has 0 amide bonds. The lowest BCUT2D eigenvalue weighted by molar-refractivity contribution is 0.0682. The summed E-state index contributed by atoms with van der Waals surface area (Å²) in [4.78, 5) is 50.8. The van der Waals surface area contributed by atoms with Crippen molar-refractivity contribution in [2.24, 2.45) is 0 Å². The zero-order valence-electron chi connectivity index (χ0n) is 21.3. The summed E-state index contributed by atoms with van der Waals surface area (Å²) in [5.41, 5.74) is 1.89. The Kier molecular flexibility index (Phi) is 6.66. The number of carboxylic acid groups (broad SMARTS) is 2. The van der Waals surface area contributed by atoms with Crippen molar-refractivity contribution >= 4 is 46.3 Å². The van der Waals surface area contributed by atoms with Gasteiger partial charge in [-0.25, -0.2) is 9.59 Å². The maximum absolute atomic E-state index is 14.0.